The predicted molar refractivity (Wildman–Crippen MR) is 98.5 cm³/mol. The zero-order valence-corrected chi connectivity index (χ0v) is 15.2. The Morgan fingerprint density at radius 1 is 1.08 bits per heavy atom. The van der Waals surface area contributed by atoms with Crippen molar-refractivity contribution in [2.75, 3.05) is 18.6 Å². The van der Waals surface area contributed by atoms with Crippen LogP contribution in [0.3, 0.4) is 0 Å². The first-order valence-corrected chi connectivity index (χ1v) is 8.49. The molecular formula is C21H21NO4. The summed E-state index contributed by atoms with van der Waals surface area (Å²) in [5.74, 6) is -0.703. The van der Waals surface area contributed by atoms with Crippen molar-refractivity contribution >= 4 is 23.3 Å². The summed E-state index contributed by atoms with van der Waals surface area (Å²) in [7, 11) is 1.71. The zero-order chi connectivity index (χ0) is 18.8. The average molecular weight is 351 g/mol. The first-order chi connectivity index (χ1) is 12.3. The van der Waals surface area contributed by atoms with Gasteiger partial charge >= 0.3 is 5.97 Å². The van der Waals surface area contributed by atoms with E-state index < -0.39 is 5.97 Å². The van der Waals surface area contributed by atoms with Crippen LogP contribution < -0.4 is 4.90 Å². The molecule has 3 rings (SSSR count). The molecule has 0 unspecified atom stereocenters. The molecule has 0 radical (unpaired) electrons. The molecule has 26 heavy (non-hydrogen) atoms. The molecule has 0 N–H and O–H groups in total. The average Bonchev–Trinajstić information content (AvgIpc) is 2.90. The standard InChI is InChI=1S/C21H21NO4/c1-13-4-5-15(8-14(13)2)9-21(25)26-12-19(23)16-6-7-18-17(10-16)11-20(24)22(18)3/h4-8,10H,9,11-12H2,1-3H3. The number of likely N-dealkylation sites (N-methyl/N-ethyl adjacent to an activating group) is 1. The topological polar surface area (TPSA) is 63.7 Å². The van der Waals surface area contributed by atoms with Crippen LogP contribution in [0.25, 0.3) is 0 Å². The minimum Gasteiger partial charge on any atom is -0.457 e. The first kappa shape index (κ1) is 17.9. The van der Waals surface area contributed by atoms with Crippen LogP contribution >= 0.6 is 0 Å². The van der Waals surface area contributed by atoms with Gasteiger partial charge in [-0.05, 0) is 54.3 Å². The van der Waals surface area contributed by atoms with E-state index in [4.69, 9.17) is 4.74 Å². The van der Waals surface area contributed by atoms with Crippen molar-refractivity contribution in [3.63, 3.8) is 0 Å². The van der Waals surface area contributed by atoms with Gasteiger partial charge in [-0.3, -0.25) is 14.4 Å². The SMILES string of the molecule is Cc1ccc(CC(=O)OCC(=O)c2ccc3c(c2)CC(=O)N3C)cc1C. The molecule has 5 heteroatoms. The summed E-state index contributed by atoms with van der Waals surface area (Å²) in [5.41, 5.74) is 5.24. The number of Topliss-reactive ketones (excluding diaryl/α,β-unsaturated/α-hetero) is 1. The number of carbonyl (C=O) groups is 3. The fraction of sp³-hybridized carbons (Fsp3) is 0.286. The molecule has 0 aliphatic carbocycles. The van der Waals surface area contributed by atoms with Gasteiger partial charge < -0.3 is 9.64 Å². The van der Waals surface area contributed by atoms with Gasteiger partial charge in [0.05, 0.1) is 12.8 Å². The number of nitrogens with zero attached hydrogens (tertiary/aromatic N) is 1. The van der Waals surface area contributed by atoms with Crippen molar-refractivity contribution < 1.29 is 19.1 Å². The summed E-state index contributed by atoms with van der Waals surface area (Å²) in [6, 6.07) is 10.9. The number of hydrogen-bond donors (Lipinski definition) is 0. The van der Waals surface area contributed by atoms with Gasteiger partial charge in [0.2, 0.25) is 5.91 Å². The molecule has 0 saturated carbocycles. The Morgan fingerprint density at radius 3 is 2.58 bits per heavy atom. The molecule has 1 aliphatic rings. The van der Waals surface area contributed by atoms with Crippen LogP contribution in [0.5, 0.6) is 0 Å². The lowest BCUT2D eigenvalue weighted by Crippen LogP contribution is -2.20. The van der Waals surface area contributed by atoms with Crippen molar-refractivity contribution in [3.8, 4) is 0 Å². The normalized spacial score (nSPS) is 12.9. The Morgan fingerprint density at radius 2 is 1.85 bits per heavy atom. The number of anilines is 1. The number of carbonyl (C=O) groups excluding carboxylic acids is 3. The van der Waals surface area contributed by atoms with Crippen LogP contribution in [0.2, 0.25) is 0 Å². The molecule has 0 bridgehead atoms. The molecule has 2 aromatic carbocycles. The van der Waals surface area contributed by atoms with Crippen molar-refractivity contribution in [1.82, 2.24) is 0 Å². The summed E-state index contributed by atoms with van der Waals surface area (Å²) < 4.78 is 5.13. The van der Waals surface area contributed by atoms with Gasteiger partial charge in [-0.2, -0.15) is 0 Å². The second-order valence-corrected chi connectivity index (χ2v) is 6.65. The molecule has 0 fully saturated rings. The predicted octanol–water partition coefficient (Wildman–Crippen LogP) is 2.79. The summed E-state index contributed by atoms with van der Waals surface area (Å²) in [5, 5.41) is 0. The number of ketones is 1. The van der Waals surface area contributed by atoms with Gasteiger partial charge in [-0.1, -0.05) is 18.2 Å². The summed E-state index contributed by atoms with van der Waals surface area (Å²) in [6.07, 6.45) is 0.428. The summed E-state index contributed by atoms with van der Waals surface area (Å²) >= 11 is 0. The molecule has 0 aromatic heterocycles. The van der Waals surface area contributed by atoms with Gasteiger partial charge in [-0.25, -0.2) is 0 Å². The molecule has 1 amide bonds. The number of hydrogen-bond acceptors (Lipinski definition) is 4. The largest absolute Gasteiger partial charge is 0.457 e. The molecule has 2 aromatic rings. The highest BCUT2D eigenvalue weighted by Gasteiger charge is 2.24. The number of esters is 1. The molecule has 1 aliphatic heterocycles. The van der Waals surface area contributed by atoms with E-state index in [-0.39, 0.29) is 24.7 Å². The lowest BCUT2D eigenvalue weighted by molar-refractivity contribution is -0.141. The van der Waals surface area contributed by atoms with E-state index in [1.807, 2.05) is 32.0 Å². The Labute approximate surface area is 152 Å². The number of rotatable bonds is 5. The van der Waals surface area contributed by atoms with Gasteiger partial charge in [0.1, 0.15) is 0 Å². The molecular weight excluding hydrogens is 330 g/mol. The van der Waals surface area contributed by atoms with Crippen LogP contribution in [0.4, 0.5) is 5.69 Å². The highest BCUT2D eigenvalue weighted by Crippen LogP contribution is 2.28. The van der Waals surface area contributed by atoms with Gasteiger partial charge in [-0.15, -0.1) is 0 Å². The van der Waals surface area contributed by atoms with Crippen LogP contribution in [-0.4, -0.2) is 31.3 Å². The summed E-state index contributed by atoms with van der Waals surface area (Å²) in [4.78, 5) is 37.6. The summed E-state index contributed by atoms with van der Waals surface area (Å²) in [6.45, 7) is 3.70. The number of ether oxygens (including phenoxy) is 1. The Bertz CT molecular complexity index is 901. The molecule has 0 saturated heterocycles. The molecule has 5 nitrogen and oxygen atoms in total. The number of fused-ring (bicyclic) bond motifs is 1. The molecule has 0 atom stereocenters. The van der Waals surface area contributed by atoms with E-state index in [9.17, 15) is 14.4 Å². The zero-order valence-electron chi connectivity index (χ0n) is 15.2. The third-order valence-corrected chi connectivity index (χ3v) is 4.76. The maximum absolute atomic E-state index is 12.3. The third-order valence-electron chi connectivity index (χ3n) is 4.76. The number of benzene rings is 2. The van der Waals surface area contributed by atoms with Crippen molar-refractivity contribution in [3.05, 3.63) is 64.2 Å². The first-order valence-electron chi connectivity index (χ1n) is 8.49. The van der Waals surface area contributed by atoms with E-state index in [0.717, 1.165) is 27.9 Å². The Kier molecular flexibility index (Phi) is 4.89. The van der Waals surface area contributed by atoms with Crippen LogP contribution in [0.1, 0.15) is 32.6 Å². The van der Waals surface area contributed by atoms with Crippen LogP contribution in [0, 0.1) is 13.8 Å². The molecule has 1 heterocycles. The molecule has 134 valence electrons. The van der Waals surface area contributed by atoms with Gasteiger partial charge in [0.25, 0.3) is 0 Å². The highest BCUT2D eigenvalue weighted by molar-refractivity contribution is 6.03. The van der Waals surface area contributed by atoms with Crippen LogP contribution in [0.15, 0.2) is 36.4 Å². The van der Waals surface area contributed by atoms with E-state index >= 15 is 0 Å². The van der Waals surface area contributed by atoms with Gasteiger partial charge in [0.15, 0.2) is 12.4 Å². The second-order valence-electron chi connectivity index (χ2n) is 6.65. The lowest BCUT2D eigenvalue weighted by atomic mass is 10.0. The maximum Gasteiger partial charge on any atom is 0.310 e. The fourth-order valence-corrected chi connectivity index (χ4v) is 3.00. The Balaban J connectivity index is 1.59. The van der Waals surface area contributed by atoms with Crippen LogP contribution in [-0.2, 0) is 27.2 Å². The fourth-order valence-electron chi connectivity index (χ4n) is 3.00. The monoisotopic (exact) mass is 351 g/mol. The van der Waals surface area contributed by atoms with E-state index in [1.54, 1.807) is 30.1 Å². The van der Waals surface area contributed by atoms with Gasteiger partial charge in [0, 0.05) is 18.3 Å². The van der Waals surface area contributed by atoms with E-state index in [2.05, 4.69) is 0 Å². The van der Waals surface area contributed by atoms with Crippen molar-refractivity contribution in [2.45, 2.75) is 26.7 Å². The minimum absolute atomic E-state index is 0.00409. The minimum atomic E-state index is -0.433. The van der Waals surface area contributed by atoms with Crippen molar-refractivity contribution in [2.24, 2.45) is 0 Å². The smallest absolute Gasteiger partial charge is 0.310 e. The lowest BCUT2D eigenvalue weighted by Gasteiger charge is -2.10. The van der Waals surface area contributed by atoms with Crippen molar-refractivity contribution in [1.29, 1.82) is 0 Å². The quantitative estimate of drug-likeness (QED) is 0.614. The molecule has 0 spiro atoms. The van der Waals surface area contributed by atoms with E-state index in [0.29, 0.717) is 12.0 Å². The second kappa shape index (κ2) is 7.12. The number of amides is 1. The third kappa shape index (κ3) is 3.67. The highest BCUT2D eigenvalue weighted by atomic mass is 16.5. The Hall–Kier alpha value is -2.95. The maximum atomic E-state index is 12.3. The van der Waals surface area contributed by atoms with E-state index in [1.165, 1.54) is 0 Å². The number of aryl methyl sites for hydroxylation is 2.